The van der Waals surface area contributed by atoms with Gasteiger partial charge in [-0.2, -0.15) is 0 Å². The summed E-state index contributed by atoms with van der Waals surface area (Å²) in [4.78, 5) is 2.28. The summed E-state index contributed by atoms with van der Waals surface area (Å²) in [7, 11) is 2.13. The van der Waals surface area contributed by atoms with E-state index in [9.17, 15) is 0 Å². The van der Waals surface area contributed by atoms with Crippen LogP contribution in [0.1, 0.15) is 18.4 Å². The second-order valence-corrected chi connectivity index (χ2v) is 5.57. The molecule has 3 nitrogen and oxygen atoms in total. The summed E-state index contributed by atoms with van der Waals surface area (Å²) >= 11 is 0. The molecule has 3 heteroatoms. The van der Waals surface area contributed by atoms with Gasteiger partial charge in [0.2, 0.25) is 0 Å². The number of hydrogen-bond acceptors (Lipinski definition) is 3. The van der Waals surface area contributed by atoms with E-state index in [4.69, 9.17) is 4.74 Å². The smallest absolute Gasteiger partial charge is 0.124 e. The van der Waals surface area contributed by atoms with Crippen molar-refractivity contribution < 1.29 is 4.74 Å². The number of rotatable bonds is 4. The molecule has 1 aromatic carbocycles. The van der Waals surface area contributed by atoms with Crippen LogP contribution in [0.3, 0.4) is 0 Å². The molecule has 1 unspecified atom stereocenters. The zero-order valence-electron chi connectivity index (χ0n) is 11.1. The highest BCUT2D eigenvalue weighted by Crippen LogP contribution is 2.24. The van der Waals surface area contributed by atoms with E-state index in [2.05, 4.69) is 41.5 Å². The van der Waals surface area contributed by atoms with Crippen molar-refractivity contribution in [3.05, 3.63) is 29.8 Å². The molecule has 0 amide bonds. The molecule has 1 aromatic rings. The number of benzene rings is 1. The third-order valence-electron chi connectivity index (χ3n) is 3.93. The molecule has 1 N–H and O–H groups in total. The third-order valence-corrected chi connectivity index (χ3v) is 3.93. The third kappa shape index (κ3) is 2.68. The minimum absolute atomic E-state index is 0.382. The first-order chi connectivity index (χ1) is 8.81. The van der Waals surface area contributed by atoms with Gasteiger partial charge in [0.1, 0.15) is 11.9 Å². The molecule has 2 heterocycles. The molecule has 0 bridgehead atoms. The molecule has 2 aliphatic heterocycles. The predicted octanol–water partition coefficient (Wildman–Crippen LogP) is 1.67. The van der Waals surface area contributed by atoms with Crippen LogP contribution in [0.2, 0.25) is 0 Å². The van der Waals surface area contributed by atoms with E-state index in [1.54, 1.807) is 0 Å². The quantitative estimate of drug-likeness (QED) is 0.874. The Morgan fingerprint density at radius 3 is 2.89 bits per heavy atom. The maximum Gasteiger partial charge on any atom is 0.124 e. The zero-order valence-corrected chi connectivity index (χ0v) is 11.1. The highest BCUT2D eigenvalue weighted by Gasteiger charge is 2.26. The second kappa shape index (κ2) is 5.29. The summed E-state index contributed by atoms with van der Waals surface area (Å²) in [6.07, 6.45) is 4.08. The highest BCUT2D eigenvalue weighted by atomic mass is 16.5. The van der Waals surface area contributed by atoms with Crippen LogP contribution < -0.4 is 10.1 Å². The lowest BCUT2D eigenvalue weighted by molar-refractivity contribution is 0.0381. The zero-order chi connectivity index (χ0) is 12.4. The average molecular weight is 246 g/mol. The molecule has 0 radical (unpaired) electrons. The topological polar surface area (TPSA) is 24.5 Å². The molecular formula is C15H22N2O. The Morgan fingerprint density at radius 1 is 1.33 bits per heavy atom. The first-order valence-electron chi connectivity index (χ1n) is 6.98. The van der Waals surface area contributed by atoms with Gasteiger partial charge in [0.25, 0.3) is 0 Å². The van der Waals surface area contributed by atoms with Crippen molar-refractivity contribution >= 4 is 0 Å². The van der Waals surface area contributed by atoms with Crippen LogP contribution in [0.5, 0.6) is 5.75 Å². The molecular weight excluding hydrogens is 224 g/mol. The largest absolute Gasteiger partial charge is 0.487 e. The maximum atomic E-state index is 6.09. The van der Waals surface area contributed by atoms with E-state index in [-0.39, 0.29) is 0 Å². The normalized spacial score (nSPS) is 25.1. The molecule has 2 fully saturated rings. The molecule has 0 aliphatic carbocycles. The molecule has 98 valence electrons. The lowest BCUT2D eigenvalue weighted by Crippen LogP contribution is -2.51. The van der Waals surface area contributed by atoms with Crippen molar-refractivity contribution in [3.63, 3.8) is 0 Å². The first kappa shape index (κ1) is 12.0. The van der Waals surface area contributed by atoms with E-state index in [1.807, 2.05) is 0 Å². The van der Waals surface area contributed by atoms with Crippen LogP contribution >= 0.6 is 0 Å². The van der Waals surface area contributed by atoms with E-state index in [0.717, 1.165) is 25.3 Å². The monoisotopic (exact) mass is 246 g/mol. The number of para-hydroxylation sites is 1. The Kier molecular flexibility index (Phi) is 3.52. The van der Waals surface area contributed by atoms with Gasteiger partial charge in [-0.25, -0.2) is 0 Å². The Bertz CT molecular complexity index is 395. The minimum Gasteiger partial charge on any atom is -0.487 e. The molecule has 0 spiro atoms. The van der Waals surface area contributed by atoms with Crippen LogP contribution in [0, 0.1) is 0 Å². The Labute approximate surface area is 109 Å². The molecule has 0 saturated carbocycles. The number of hydrogen-bond donors (Lipinski definition) is 1. The van der Waals surface area contributed by atoms with E-state index in [1.165, 1.54) is 24.9 Å². The fraction of sp³-hybridized carbons (Fsp3) is 0.600. The van der Waals surface area contributed by atoms with Gasteiger partial charge in [-0.15, -0.1) is 0 Å². The number of ether oxygens (including phenoxy) is 1. The van der Waals surface area contributed by atoms with Crippen molar-refractivity contribution in [2.45, 2.75) is 31.4 Å². The lowest BCUT2D eigenvalue weighted by atomic mass is 10.0. The molecule has 3 rings (SSSR count). The average Bonchev–Trinajstić information content (AvgIpc) is 2.82. The standard InChI is InChI=1S/C15H22N2O/c1-17-10-14(11-17)18-15-7-3-2-5-12(15)9-13-6-4-8-16-13/h2-3,5,7,13-14,16H,4,6,8-11H2,1H3. The summed E-state index contributed by atoms with van der Waals surface area (Å²) in [5, 5.41) is 3.56. The van der Waals surface area contributed by atoms with Crippen molar-refractivity contribution in [1.29, 1.82) is 0 Å². The molecule has 1 atom stereocenters. The predicted molar refractivity (Wildman–Crippen MR) is 73.1 cm³/mol. The van der Waals surface area contributed by atoms with Crippen LogP contribution in [0.4, 0.5) is 0 Å². The molecule has 2 aliphatic rings. The fourth-order valence-corrected chi connectivity index (χ4v) is 2.88. The number of likely N-dealkylation sites (tertiary alicyclic amines) is 1. The van der Waals surface area contributed by atoms with Gasteiger partial charge < -0.3 is 10.1 Å². The summed E-state index contributed by atoms with van der Waals surface area (Å²) < 4.78 is 6.09. The van der Waals surface area contributed by atoms with Gasteiger partial charge in [-0.05, 0) is 44.5 Å². The first-order valence-corrected chi connectivity index (χ1v) is 6.98. The maximum absolute atomic E-state index is 6.09. The van der Waals surface area contributed by atoms with Crippen LogP contribution in [-0.4, -0.2) is 43.7 Å². The van der Waals surface area contributed by atoms with Gasteiger partial charge in [0.15, 0.2) is 0 Å². The molecule has 2 saturated heterocycles. The van der Waals surface area contributed by atoms with Crippen molar-refractivity contribution in [2.24, 2.45) is 0 Å². The fourth-order valence-electron chi connectivity index (χ4n) is 2.88. The second-order valence-electron chi connectivity index (χ2n) is 5.57. The summed E-state index contributed by atoms with van der Waals surface area (Å²) in [6, 6.07) is 9.15. The highest BCUT2D eigenvalue weighted by molar-refractivity contribution is 5.34. The van der Waals surface area contributed by atoms with Gasteiger partial charge in [0.05, 0.1) is 0 Å². The number of nitrogens with zero attached hydrogens (tertiary/aromatic N) is 1. The van der Waals surface area contributed by atoms with E-state index < -0.39 is 0 Å². The number of nitrogens with one attached hydrogen (secondary N) is 1. The Balaban J connectivity index is 1.64. The molecule has 18 heavy (non-hydrogen) atoms. The van der Waals surface area contributed by atoms with Crippen molar-refractivity contribution in [1.82, 2.24) is 10.2 Å². The van der Waals surface area contributed by atoms with Gasteiger partial charge >= 0.3 is 0 Å². The Morgan fingerprint density at radius 2 is 2.17 bits per heavy atom. The van der Waals surface area contributed by atoms with E-state index in [0.29, 0.717) is 12.1 Å². The van der Waals surface area contributed by atoms with Gasteiger partial charge in [0, 0.05) is 19.1 Å². The lowest BCUT2D eigenvalue weighted by Gasteiger charge is -2.36. The Hall–Kier alpha value is -1.06. The molecule has 0 aromatic heterocycles. The van der Waals surface area contributed by atoms with Crippen LogP contribution in [-0.2, 0) is 6.42 Å². The van der Waals surface area contributed by atoms with E-state index >= 15 is 0 Å². The summed E-state index contributed by atoms with van der Waals surface area (Å²) in [5.41, 5.74) is 1.35. The van der Waals surface area contributed by atoms with Crippen molar-refractivity contribution in [3.8, 4) is 5.75 Å². The summed E-state index contributed by atoms with van der Waals surface area (Å²) in [6.45, 7) is 3.27. The van der Waals surface area contributed by atoms with Crippen LogP contribution in [0.25, 0.3) is 0 Å². The van der Waals surface area contributed by atoms with Crippen LogP contribution in [0.15, 0.2) is 24.3 Å². The SMILES string of the molecule is CN1CC(Oc2ccccc2CC2CCCN2)C1. The minimum atomic E-state index is 0.382. The van der Waals surface area contributed by atoms with Gasteiger partial charge in [-0.3, -0.25) is 4.90 Å². The van der Waals surface area contributed by atoms with Crippen molar-refractivity contribution in [2.75, 3.05) is 26.7 Å². The summed E-state index contributed by atoms with van der Waals surface area (Å²) in [5.74, 6) is 1.09. The number of likely N-dealkylation sites (N-methyl/N-ethyl adjacent to an activating group) is 1. The van der Waals surface area contributed by atoms with Gasteiger partial charge in [-0.1, -0.05) is 18.2 Å².